The molecule has 0 saturated heterocycles. The SMILES string of the molecule is CCCOC(=O)c1cc(-c2ccc(/C=C3\C(=O)NC(=O)C(C)=C3C)o2)ccc1Cl. The number of nitrogens with one attached hydrogen (secondary N) is 1. The molecule has 2 aromatic rings. The minimum Gasteiger partial charge on any atom is -0.462 e. The molecule has 2 heterocycles. The van der Waals surface area contributed by atoms with Crippen LogP contribution in [0.5, 0.6) is 0 Å². The van der Waals surface area contributed by atoms with E-state index in [4.69, 9.17) is 20.8 Å². The second kappa shape index (κ2) is 8.49. The zero-order chi connectivity index (χ0) is 21.1. The second-order valence-electron chi connectivity index (χ2n) is 6.62. The Hall–Kier alpha value is -3.12. The fourth-order valence-electron chi connectivity index (χ4n) is 2.82. The minimum atomic E-state index is -0.493. The number of halogens is 1. The van der Waals surface area contributed by atoms with Crippen molar-refractivity contribution < 1.29 is 23.5 Å². The van der Waals surface area contributed by atoms with E-state index in [1.807, 2.05) is 6.92 Å². The third kappa shape index (κ3) is 4.32. The predicted molar refractivity (Wildman–Crippen MR) is 109 cm³/mol. The van der Waals surface area contributed by atoms with Crippen LogP contribution in [-0.4, -0.2) is 24.4 Å². The van der Waals surface area contributed by atoms with Crippen molar-refractivity contribution in [2.24, 2.45) is 0 Å². The van der Waals surface area contributed by atoms with Gasteiger partial charge in [-0.25, -0.2) is 4.79 Å². The summed E-state index contributed by atoms with van der Waals surface area (Å²) in [6.07, 6.45) is 2.29. The van der Waals surface area contributed by atoms with Gasteiger partial charge in [0.2, 0.25) is 0 Å². The van der Waals surface area contributed by atoms with Gasteiger partial charge in [0, 0.05) is 16.7 Å². The number of imide groups is 1. The largest absolute Gasteiger partial charge is 0.462 e. The van der Waals surface area contributed by atoms with Gasteiger partial charge in [0.15, 0.2) is 0 Å². The molecule has 0 atom stereocenters. The van der Waals surface area contributed by atoms with Gasteiger partial charge in [-0.2, -0.15) is 0 Å². The van der Waals surface area contributed by atoms with E-state index < -0.39 is 17.8 Å². The molecule has 3 rings (SSSR count). The van der Waals surface area contributed by atoms with E-state index in [2.05, 4.69) is 5.32 Å². The molecular formula is C22H20ClNO5. The number of furan rings is 1. The summed E-state index contributed by atoms with van der Waals surface area (Å²) in [5.41, 5.74) is 2.35. The molecule has 0 fully saturated rings. The molecule has 1 aromatic heterocycles. The summed E-state index contributed by atoms with van der Waals surface area (Å²) < 4.78 is 11.0. The maximum atomic E-state index is 12.2. The fourth-order valence-corrected chi connectivity index (χ4v) is 3.01. The lowest BCUT2D eigenvalue weighted by molar-refractivity contribution is -0.126. The molecule has 2 amide bonds. The van der Waals surface area contributed by atoms with Gasteiger partial charge >= 0.3 is 5.97 Å². The van der Waals surface area contributed by atoms with Crippen molar-refractivity contribution in [2.75, 3.05) is 6.61 Å². The normalized spacial score (nSPS) is 15.7. The van der Waals surface area contributed by atoms with Crippen molar-refractivity contribution in [3.05, 3.63) is 63.4 Å². The number of benzene rings is 1. The van der Waals surface area contributed by atoms with Crippen LogP contribution < -0.4 is 5.32 Å². The van der Waals surface area contributed by atoms with Gasteiger partial charge in [0.1, 0.15) is 11.5 Å². The van der Waals surface area contributed by atoms with Gasteiger partial charge in [-0.05, 0) is 62.2 Å². The van der Waals surface area contributed by atoms with Crippen molar-refractivity contribution in [3.8, 4) is 11.3 Å². The standard InChI is InChI=1S/C22H20ClNO5/c1-4-9-28-22(27)17-10-14(5-7-18(17)23)19-8-6-15(29-19)11-16-12(2)13(3)20(25)24-21(16)26/h5-8,10-11H,4,9H2,1-3H3,(H,24,25,26)/b16-11-. The van der Waals surface area contributed by atoms with Crippen LogP contribution >= 0.6 is 11.6 Å². The quantitative estimate of drug-likeness (QED) is 0.441. The Labute approximate surface area is 173 Å². The minimum absolute atomic E-state index is 0.258. The highest BCUT2D eigenvalue weighted by molar-refractivity contribution is 6.33. The molecule has 0 spiro atoms. The predicted octanol–water partition coefficient (Wildman–Crippen LogP) is 4.54. The average Bonchev–Trinajstić information content (AvgIpc) is 3.16. The summed E-state index contributed by atoms with van der Waals surface area (Å²) >= 11 is 6.13. The van der Waals surface area contributed by atoms with Crippen molar-refractivity contribution in [2.45, 2.75) is 27.2 Å². The van der Waals surface area contributed by atoms with Crippen molar-refractivity contribution in [3.63, 3.8) is 0 Å². The first-order chi connectivity index (χ1) is 13.8. The van der Waals surface area contributed by atoms with E-state index in [1.165, 1.54) is 0 Å². The van der Waals surface area contributed by atoms with Crippen molar-refractivity contribution >= 4 is 35.5 Å². The molecular weight excluding hydrogens is 394 g/mol. The molecule has 0 radical (unpaired) electrons. The van der Waals surface area contributed by atoms with E-state index in [0.29, 0.717) is 51.9 Å². The lowest BCUT2D eigenvalue weighted by Crippen LogP contribution is -2.37. The average molecular weight is 414 g/mol. The van der Waals surface area contributed by atoms with E-state index in [-0.39, 0.29) is 5.56 Å². The zero-order valence-corrected chi connectivity index (χ0v) is 17.1. The highest BCUT2D eigenvalue weighted by atomic mass is 35.5. The number of esters is 1. The molecule has 29 heavy (non-hydrogen) atoms. The van der Waals surface area contributed by atoms with Gasteiger partial charge in [-0.15, -0.1) is 0 Å². The monoisotopic (exact) mass is 413 g/mol. The summed E-state index contributed by atoms with van der Waals surface area (Å²) in [5.74, 6) is -0.412. The van der Waals surface area contributed by atoms with E-state index >= 15 is 0 Å². The molecule has 0 aliphatic carbocycles. The topological polar surface area (TPSA) is 85.6 Å². The highest BCUT2D eigenvalue weighted by Crippen LogP contribution is 2.29. The molecule has 6 nitrogen and oxygen atoms in total. The molecule has 0 unspecified atom stereocenters. The van der Waals surface area contributed by atoms with Crippen LogP contribution in [0.4, 0.5) is 0 Å². The summed E-state index contributed by atoms with van der Waals surface area (Å²) in [5, 5.41) is 2.59. The van der Waals surface area contributed by atoms with E-state index in [9.17, 15) is 14.4 Å². The molecule has 0 saturated carbocycles. The first-order valence-electron chi connectivity index (χ1n) is 9.14. The Kier molecular flexibility index (Phi) is 6.03. The Morgan fingerprint density at radius 1 is 1.14 bits per heavy atom. The smallest absolute Gasteiger partial charge is 0.339 e. The van der Waals surface area contributed by atoms with Crippen LogP contribution in [0, 0.1) is 0 Å². The molecule has 1 aliphatic heterocycles. The third-order valence-corrected chi connectivity index (χ3v) is 4.93. The van der Waals surface area contributed by atoms with Crippen LogP contribution in [0.2, 0.25) is 5.02 Å². The van der Waals surface area contributed by atoms with Gasteiger partial charge in [-0.1, -0.05) is 18.5 Å². The molecule has 150 valence electrons. The van der Waals surface area contributed by atoms with E-state index in [1.54, 1.807) is 50.3 Å². The van der Waals surface area contributed by atoms with Crippen LogP contribution in [0.3, 0.4) is 0 Å². The number of carbonyl (C=O) groups excluding carboxylic acids is 3. The van der Waals surface area contributed by atoms with Crippen LogP contribution in [0.1, 0.15) is 43.3 Å². The van der Waals surface area contributed by atoms with Gasteiger partial charge in [0.25, 0.3) is 11.8 Å². The number of carbonyl (C=O) groups is 3. The fraction of sp³-hybridized carbons (Fsp3) is 0.227. The van der Waals surface area contributed by atoms with Gasteiger partial charge < -0.3 is 9.15 Å². The van der Waals surface area contributed by atoms with Gasteiger partial charge in [0.05, 0.1) is 17.2 Å². The zero-order valence-electron chi connectivity index (χ0n) is 16.3. The Morgan fingerprint density at radius 2 is 1.90 bits per heavy atom. The molecule has 1 aromatic carbocycles. The van der Waals surface area contributed by atoms with E-state index in [0.717, 1.165) is 0 Å². The Balaban J connectivity index is 1.92. The van der Waals surface area contributed by atoms with Crippen LogP contribution in [0.25, 0.3) is 17.4 Å². The van der Waals surface area contributed by atoms with Crippen molar-refractivity contribution in [1.29, 1.82) is 0 Å². The number of hydrogen-bond donors (Lipinski definition) is 1. The molecule has 7 heteroatoms. The lowest BCUT2D eigenvalue weighted by atomic mass is 9.97. The van der Waals surface area contributed by atoms with Crippen molar-refractivity contribution in [1.82, 2.24) is 5.32 Å². The molecule has 1 N–H and O–H groups in total. The maximum Gasteiger partial charge on any atom is 0.339 e. The first kappa shape index (κ1) is 20.6. The summed E-state index contributed by atoms with van der Waals surface area (Å²) in [6.45, 7) is 5.60. The molecule has 1 aliphatic rings. The summed E-state index contributed by atoms with van der Waals surface area (Å²) in [6, 6.07) is 8.39. The number of rotatable bonds is 5. The Morgan fingerprint density at radius 3 is 2.62 bits per heavy atom. The number of ether oxygens (including phenoxy) is 1. The molecule has 0 bridgehead atoms. The number of hydrogen-bond acceptors (Lipinski definition) is 5. The van der Waals surface area contributed by atoms with Crippen LogP contribution in [-0.2, 0) is 14.3 Å². The summed E-state index contributed by atoms with van der Waals surface area (Å²) in [4.78, 5) is 36.0. The second-order valence-corrected chi connectivity index (χ2v) is 7.03. The first-order valence-corrected chi connectivity index (χ1v) is 9.51. The van der Waals surface area contributed by atoms with Gasteiger partial charge in [-0.3, -0.25) is 14.9 Å². The summed E-state index contributed by atoms with van der Waals surface area (Å²) in [7, 11) is 0. The maximum absolute atomic E-state index is 12.2. The third-order valence-electron chi connectivity index (χ3n) is 4.60. The Bertz CT molecular complexity index is 1060. The lowest BCUT2D eigenvalue weighted by Gasteiger charge is -2.16. The number of amides is 2. The highest BCUT2D eigenvalue weighted by Gasteiger charge is 2.25. The van der Waals surface area contributed by atoms with Crippen LogP contribution in [0.15, 0.2) is 51.5 Å².